The van der Waals surface area contributed by atoms with Gasteiger partial charge in [-0.3, -0.25) is 0 Å². The molecule has 1 N–H and O–H groups in total. The highest BCUT2D eigenvalue weighted by Crippen LogP contribution is 2.37. The Labute approximate surface area is 97.7 Å². The second-order valence-corrected chi connectivity index (χ2v) is 4.65. The van der Waals surface area contributed by atoms with Crippen LogP contribution in [0.2, 0.25) is 0 Å². The highest BCUT2D eigenvalue weighted by atomic mass is 16.3. The van der Waals surface area contributed by atoms with Crippen molar-refractivity contribution in [1.82, 2.24) is 5.32 Å². The van der Waals surface area contributed by atoms with E-state index in [1.165, 1.54) is 5.56 Å². The molecule has 0 saturated carbocycles. The fourth-order valence-electron chi connectivity index (χ4n) is 2.74. The second kappa shape index (κ2) is 4.98. The Balaban J connectivity index is 2.21. The minimum absolute atomic E-state index is 0.254. The van der Waals surface area contributed by atoms with Crippen molar-refractivity contribution in [2.24, 2.45) is 0 Å². The van der Waals surface area contributed by atoms with Gasteiger partial charge in [-0.25, -0.2) is 5.32 Å². The molecule has 1 aliphatic heterocycles. The molecule has 1 unspecified atom stereocenters. The van der Waals surface area contributed by atoms with E-state index < -0.39 is 5.60 Å². The zero-order valence-corrected chi connectivity index (χ0v) is 9.89. The molecule has 2 heteroatoms. The van der Waals surface area contributed by atoms with Crippen LogP contribution in [0, 0.1) is 0 Å². The summed E-state index contributed by atoms with van der Waals surface area (Å²) in [6.07, 6.45) is 2.60. The lowest BCUT2D eigenvalue weighted by atomic mass is 9.75. The number of benzene rings is 1. The van der Waals surface area contributed by atoms with E-state index >= 15 is 0 Å². The highest BCUT2D eigenvalue weighted by Gasteiger charge is 2.37. The molecular formula is C14H20NO. The lowest BCUT2D eigenvalue weighted by molar-refractivity contribution is -0.0176. The Bertz CT molecular complexity index is 317. The molecular weight excluding hydrogens is 198 g/mol. The van der Waals surface area contributed by atoms with Gasteiger partial charge < -0.3 is 5.11 Å². The molecule has 1 aliphatic rings. The van der Waals surface area contributed by atoms with E-state index in [4.69, 9.17) is 0 Å². The van der Waals surface area contributed by atoms with Gasteiger partial charge in [0.05, 0.1) is 5.60 Å². The Kier molecular flexibility index (Phi) is 3.62. The van der Waals surface area contributed by atoms with Gasteiger partial charge in [0, 0.05) is 19.0 Å². The van der Waals surface area contributed by atoms with Crippen LogP contribution in [0.3, 0.4) is 0 Å². The van der Waals surface area contributed by atoms with Gasteiger partial charge in [-0.15, -0.1) is 0 Å². The maximum absolute atomic E-state index is 10.7. The number of hydrogen-bond donors (Lipinski definition) is 1. The molecule has 0 spiro atoms. The van der Waals surface area contributed by atoms with Crippen molar-refractivity contribution in [3.8, 4) is 0 Å². The normalized spacial score (nSPS) is 21.6. The molecule has 1 saturated heterocycles. The predicted molar refractivity (Wildman–Crippen MR) is 65.5 cm³/mol. The van der Waals surface area contributed by atoms with Crippen molar-refractivity contribution in [2.45, 2.75) is 37.7 Å². The second-order valence-electron chi connectivity index (χ2n) is 4.65. The van der Waals surface area contributed by atoms with Crippen LogP contribution in [0.5, 0.6) is 0 Å². The topological polar surface area (TPSA) is 34.3 Å². The molecule has 0 amide bonds. The molecule has 87 valence electrons. The first-order valence-corrected chi connectivity index (χ1v) is 6.17. The van der Waals surface area contributed by atoms with Gasteiger partial charge in [0.15, 0.2) is 0 Å². The summed E-state index contributed by atoms with van der Waals surface area (Å²) < 4.78 is 0. The molecule has 1 radical (unpaired) electrons. The van der Waals surface area contributed by atoms with Crippen LogP contribution in [0.4, 0.5) is 0 Å². The van der Waals surface area contributed by atoms with Gasteiger partial charge in [0.25, 0.3) is 0 Å². The number of piperidine rings is 1. The Morgan fingerprint density at radius 3 is 2.44 bits per heavy atom. The molecule has 1 aromatic carbocycles. The summed E-state index contributed by atoms with van der Waals surface area (Å²) in [4.78, 5) is 0. The summed E-state index contributed by atoms with van der Waals surface area (Å²) in [7, 11) is 0. The highest BCUT2D eigenvalue weighted by molar-refractivity contribution is 5.23. The Morgan fingerprint density at radius 2 is 1.88 bits per heavy atom. The fourth-order valence-corrected chi connectivity index (χ4v) is 2.74. The summed E-state index contributed by atoms with van der Waals surface area (Å²) in [5, 5.41) is 15.0. The smallest absolute Gasteiger partial charge is 0.0741 e. The monoisotopic (exact) mass is 218 g/mol. The minimum atomic E-state index is -0.544. The van der Waals surface area contributed by atoms with Crippen molar-refractivity contribution in [3.05, 3.63) is 35.9 Å². The van der Waals surface area contributed by atoms with Gasteiger partial charge in [0.2, 0.25) is 0 Å². The third kappa shape index (κ3) is 2.28. The van der Waals surface area contributed by atoms with Crippen LogP contribution in [-0.4, -0.2) is 23.8 Å². The van der Waals surface area contributed by atoms with Crippen molar-refractivity contribution in [1.29, 1.82) is 0 Å². The largest absolute Gasteiger partial charge is 0.389 e. The average Bonchev–Trinajstić information content (AvgIpc) is 2.32. The fraction of sp³-hybridized carbons (Fsp3) is 0.571. The molecule has 0 bridgehead atoms. The zero-order valence-electron chi connectivity index (χ0n) is 9.89. The van der Waals surface area contributed by atoms with E-state index in [9.17, 15) is 5.11 Å². The van der Waals surface area contributed by atoms with E-state index in [0.29, 0.717) is 0 Å². The SMILES string of the molecule is CCC(c1ccccc1)C1(O)CC[N]CC1. The molecule has 1 atom stereocenters. The maximum atomic E-state index is 10.7. The molecule has 16 heavy (non-hydrogen) atoms. The van der Waals surface area contributed by atoms with Gasteiger partial charge in [-0.05, 0) is 24.8 Å². The lowest BCUT2D eigenvalue weighted by Gasteiger charge is -2.39. The van der Waals surface area contributed by atoms with Crippen LogP contribution in [0.1, 0.15) is 37.7 Å². The van der Waals surface area contributed by atoms with E-state index in [1.54, 1.807) is 0 Å². The van der Waals surface area contributed by atoms with Crippen molar-refractivity contribution < 1.29 is 5.11 Å². The quantitative estimate of drug-likeness (QED) is 0.830. The number of hydrogen-bond acceptors (Lipinski definition) is 1. The summed E-state index contributed by atoms with van der Waals surface area (Å²) in [5.74, 6) is 0.254. The summed E-state index contributed by atoms with van der Waals surface area (Å²) in [6, 6.07) is 10.4. The van der Waals surface area contributed by atoms with Crippen LogP contribution in [0.25, 0.3) is 0 Å². The van der Waals surface area contributed by atoms with Crippen LogP contribution in [0.15, 0.2) is 30.3 Å². The third-order valence-corrected chi connectivity index (χ3v) is 3.66. The van der Waals surface area contributed by atoms with Crippen LogP contribution >= 0.6 is 0 Å². The van der Waals surface area contributed by atoms with Gasteiger partial charge in [0.1, 0.15) is 0 Å². The molecule has 1 aromatic rings. The van der Waals surface area contributed by atoms with E-state index in [2.05, 4.69) is 36.5 Å². The Hall–Kier alpha value is -0.860. The first-order valence-electron chi connectivity index (χ1n) is 6.17. The van der Waals surface area contributed by atoms with Crippen molar-refractivity contribution in [3.63, 3.8) is 0 Å². The first-order chi connectivity index (χ1) is 7.76. The van der Waals surface area contributed by atoms with Crippen molar-refractivity contribution >= 4 is 0 Å². The van der Waals surface area contributed by atoms with Gasteiger partial charge >= 0.3 is 0 Å². The standard InChI is InChI=1S/C14H20NO/c1-2-13(12-6-4-3-5-7-12)14(16)8-10-15-11-9-14/h3-7,13,16H,2,8-11H2,1H3. The summed E-state index contributed by atoms with van der Waals surface area (Å²) in [6.45, 7) is 3.76. The van der Waals surface area contributed by atoms with E-state index in [0.717, 1.165) is 32.4 Å². The summed E-state index contributed by atoms with van der Waals surface area (Å²) >= 11 is 0. The molecule has 1 fully saturated rings. The molecule has 0 aromatic heterocycles. The van der Waals surface area contributed by atoms with E-state index in [1.807, 2.05) is 6.07 Å². The van der Waals surface area contributed by atoms with Crippen molar-refractivity contribution in [2.75, 3.05) is 13.1 Å². The van der Waals surface area contributed by atoms with Gasteiger partial charge in [-0.2, -0.15) is 0 Å². The number of aliphatic hydroxyl groups is 1. The average molecular weight is 218 g/mol. The third-order valence-electron chi connectivity index (χ3n) is 3.66. The molecule has 1 heterocycles. The van der Waals surface area contributed by atoms with Crippen LogP contribution < -0.4 is 5.32 Å². The zero-order chi connectivity index (χ0) is 11.4. The Morgan fingerprint density at radius 1 is 1.25 bits per heavy atom. The minimum Gasteiger partial charge on any atom is -0.389 e. The van der Waals surface area contributed by atoms with E-state index in [-0.39, 0.29) is 5.92 Å². The predicted octanol–water partition coefficient (Wildman–Crippen LogP) is 2.31. The first kappa shape index (κ1) is 11.6. The maximum Gasteiger partial charge on any atom is 0.0741 e. The van der Waals surface area contributed by atoms with Crippen LogP contribution in [-0.2, 0) is 0 Å². The molecule has 0 aliphatic carbocycles. The molecule has 2 rings (SSSR count). The lowest BCUT2D eigenvalue weighted by Crippen LogP contribution is -2.44. The number of nitrogens with zero attached hydrogens (tertiary/aromatic N) is 1. The molecule has 2 nitrogen and oxygen atoms in total. The summed E-state index contributed by atoms with van der Waals surface area (Å²) in [5.41, 5.74) is 0.715. The number of rotatable bonds is 3. The van der Waals surface area contributed by atoms with Gasteiger partial charge in [-0.1, -0.05) is 37.3 Å².